The molecule has 0 fully saturated rings. The van der Waals surface area contributed by atoms with Gasteiger partial charge < -0.3 is 15.2 Å². The van der Waals surface area contributed by atoms with E-state index >= 15 is 0 Å². The SMILES string of the molecule is CCN(CC)CC(N)c1noc(-c2cccnc2C)n1. The summed E-state index contributed by atoms with van der Waals surface area (Å²) < 4.78 is 5.30. The predicted octanol–water partition coefficient (Wildman–Crippen LogP) is 1.78. The van der Waals surface area contributed by atoms with Crippen LogP contribution in [0, 0.1) is 6.92 Å². The highest BCUT2D eigenvalue weighted by Crippen LogP contribution is 2.21. The Hall–Kier alpha value is -1.79. The summed E-state index contributed by atoms with van der Waals surface area (Å²) in [4.78, 5) is 10.8. The van der Waals surface area contributed by atoms with E-state index in [0.29, 0.717) is 11.7 Å². The van der Waals surface area contributed by atoms with Gasteiger partial charge in [-0.05, 0) is 32.1 Å². The van der Waals surface area contributed by atoms with Gasteiger partial charge in [-0.15, -0.1) is 0 Å². The first-order valence-electron chi connectivity index (χ1n) is 6.89. The molecule has 0 aliphatic carbocycles. The number of pyridine rings is 1. The van der Waals surface area contributed by atoms with Crippen LogP contribution >= 0.6 is 0 Å². The molecule has 6 nitrogen and oxygen atoms in total. The fourth-order valence-corrected chi connectivity index (χ4v) is 2.05. The van der Waals surface area contributed by atoms with Gasteiger partial charge >= 0.3 is 0 Å². The molecule has 2 heterocycles. The fraction of sp³-hybridized carbons (Fsp3) is 0.500. The van der Waals surface area contributed by atoms with Crippen LogP contribution in [0.1, 0.15) is 31.4 Å². The van der Waals surface area contributed by atoms with Gasteiger partial charge in [-0.1, -0.05) is 19.0 Å². The third-order valence-corrected chi connectivity index (χ3v) is 3.36. The lowest BCUT2D eigenvalue weighted by Gasteiger charge is -2.20. The minimum absolute atomic E-state index is 0.246. The van der Waals surface area contributed by atoms with Crippen molar-refractivity contribution in [1.29, 1.82) is 0 Å². The molecule has 0 bridgehead atoms. The van der Waals surface area contributed by atoms with Gasteiger partial charge in [0.15, 0.2) is 5.82 Å². The van der Waals surface area contributed by atoms with Crippen molar-refractivity contribution >= 4 is 0 Å². The Bertz CT molecular complexity index is 550. The van der Waals surface area contributed by atoms with Crippen molar-refractivity contribution in [3.8, 4) is 11.5 Å². The first kappa shape index (κ1) is 14.6. The summed E-state index contributed by atoms with van der Waals surface area (Å²) in [6.45, 7) is 8.76. The first-order valence-corrected chi connectivity index (χ1v) is 6.89. The zero-order valence-electron chi connectivity index (χ0n) is 12.2. The molecule has 0 radical (unpaired) electrons. The van der Waals surface area contributed by atoms with Crippen LogP contribution in [0.3, 0.4) is 0 Å². The third kappa shape index (κ3) is 3.20. The van der Waals surface area contributed by atoms with Crippen LogP contribution in [-0.2, 0) is 0 Å². The lowest BCUT2D eigenvalue weighted by molar-refractivity contribution is 0.278. The van der Waals surface area contributed by atoms with Crippen LogP contribution in [0.5, 0.6) is 0 Å². The third-order valence-electron chi connectivity index (χ3n) is 3.36. The minimum Gasteiger partial charge on any atom is -0.334 e. The van der Waals surface area contributed by atoms with Crippen LogP contribution in [0.15, 0.2) is 22.9 Å². The molecule has 6 heteroatoms. The molecule has 0 aliphatic heterocycles. The summed E-state index contributed by atoms with van der Waals surface area (Å²) in [6.07, 6.45) is 1.74. The second-order valence-electron chi connectivity index (χ2n) is 4.69. The molecule has 1 atom stereocenters. The van der Waals surface area contributed by atoms with E-state index in [1.807, 2.05) is 19.1 Å². The molecule has 0 aliphatic rings. The van der Waals surface area contributed by atoms with Gasteiger partial charge in [-0.25, -0.2) is 0 Å². The summed E-state index contributed by atoms with van der Waals surface area (Å²) in [6, 6.07) is 3.52. The summed E-state index contributed by atoms with van der Waals surface area (Å²) in [5, 5.41) is 3.99. The van der Waals surface area contributed by atoms with Gasteiger partial charge in [0.1, 0.15) is 0 Å². The Morgan fingerprint density at radius 1 is 1.35 bits per heavy atom. The lowest BCUT2D eigenvalue weighted by Crippen LogP contribution is -2.32. The van der Waals surface area contributed by atoms with Crippen molar-refractivity contribution in [2.75, 3.05) is 19.6 Å². The topological polar surface area (TPSA) is 81.1 Å². The van der Waals surface area contributed by atoms with E-state index < -0.39 is 0 Å². The molecule has 2 rings (SSSR count). The van der Waals surface area contributed by atoms with E-state index in [0.717, 1.165) is 30.9 Å². The molecule has 108 valence electrons. The Kier molecular flexibility index (Phi) is 4.81. The second kappa shape index (κ2) is 6.58. The van der Waals surface area contributed by atoms with Crippen molar-refractivity contribution in [3.05, 3.63) is 29.8 Å². The number of aryl methyl sites for hydroxylation is 1. The average Bonchev–Trinajstić information content (AvgIpc) is 2.94. The Labute approximate surface area is 119 Å². The van der Waals surface area contributed by atoms with Crippen LogP contribution in [0.25, 0.3) is 11.5 Å². The van der Waals surface area contributed by atoms with Gasteiger partial charge in [0.2, 0.25) is 0 Å². The van der Waals surface area contributed by atoms with Crippen LogP contribution in [0.2, 0.25) is 0 Å². The first-order chi connectivity index (χ1) is 9.65. The van der Waals surface area contributed by atoms with E-state index in [-0.39, 0.29) is 6.04 Å². The van der Waals surface area contributed by atoms with Gasteiger partial charge in [0.25, 0.3) is 5.89 Å². The van der Waals surface area contributed by atoms with Crippen molar-refractivity contribution in [2.45, 2.75) is 26.8 Å². The Balaban J connectivity index is 2.15. The maximum atomic E-state index is 6.13. The normalized spacial score (nSPS) is 12.8. The Morgan fingerprint density at radius 2 is 2.10 bits per heavy atom. The van der Waals surface area contributed by atoms with Crippen molar-refractivity contribution in [2.24, 2.45) is 5.73 Å². The number of nitrogens with two attached hydrogens (primary N) is 1. The van der Waals surface area contributed by atoms with E-state index in [4.69, 9.17) is 10.3 Å². The summed E-state index contributed by atoms with van der Waals surface area (Å²) in [5.41, 5.74) is 7.84. The molecular weight excluding hydrogens is 254 g/mol. The molecule has 2 aromatic rings. The van der Waals surface area contributed by atoms with Gasteiger partial charge in [0.05, 0.1) is 11.6 Å². The van der Waals surface area contributed by atoms with Crippen molar-refractivity contribution in [1.82, 2.24) is 20.0 Å². The quantitative estimate of drug-likeness (QED) is 0.865. The average molecular weight is 275 g/mol. The van der Waals surface area contributed by atoms with Crippen LogP contribution < -0.4 is 5.73 Å². The van der Waals surface area contributed by atoms with Crippen LogP contribution in [0.4, 0.5) is 0 Å². The highest BCUT2D eigenvalue weighted by molar-refractivity contribution is 5.55. The van der Waals surface area contributed by atoms with E-state index in [2.05, 4.69) is 33.9 Å². The summed E-state index contributed by atoms with van der Waals surface area (Å²) in [5.74, 6) is 1.01. The number of hydrogen-bond acceptors (Lipinski definition) is 6. The molecule has 0 saturated carbocycles. The molecule has 0 saturated heterocycles. The van der Waals surface area contributed by atoms with E-state index in [9.17, 15) is 0 Å². The minimum atomic E-state index is -0.246. The van der Waals surface area contributed by atoms with E-state index in [1.54, 1.807) is 6.20 Å². The zero-order valence-corrected chi connectivity index (χ0v) is 12.2. The smallest absolute Gasteiger partial charge is 0.259 e. The van der Waals surface area contributed by atoms with Crippen LogP contribution in [-0.4, -0.2) is 39.7 Å². The van der Waals surface area contributed by atoms with Crippen molar-refractivity contribution in [3.63, 3.8) is 0 Å². The number of hydrogen-bond donors (Lipinski definition) is 1. The summed E-state index contributed by atoms with van der Waals surface area (Å²) >= 11 is 0. The molecule has 2 N–H and O–H groups in total. The fourth-order valence-electron chi connectivity index (χ4n) is 2.05. The highest BCUT2D eigenvalue weighted by atomic mass is 16.5. The lowest BCUT2D eigenvalue weighted by atomic mass is 10.2. The number of aromatic nitrogens is 3. The molecule has 2 aromatic heterocycles. The van der Waals surface area contributed by atoms with Gasteiger partial charge in [-0.3, -0.25) is 4.98 Å². The highest BCUT2D eigenvalue weighted by Gasteiger charge is 2.18. The molecule has 20 heavy (non-hydrogen) atoms. The number of likely N-dealkylation sites (N-methyl/N-ethyl adjacent to an activating group) is 1. The maximum Gasteiger partial charge on any atom is 0.259 e. The zero-order chi connectivity index (χ0) is 14.5. The number of rotatable bonds is 6. The van der Waals surface area contributed by atoms with Gasteiger partial charge in [0, 0.05) is 18.4 Å². The monoisotopic (exact) mass is 275 g/mol. The molecule has 0 aromatic carbocycles. The molecule has 0 amide bonds. The molecular formula is C14H21N5O. The van der Waals surface area contributed by atoms with Crippen molar-refractivity contribution < 1.29 is 4.52 Å². The van der Waals surface area contributed by atoms with E-state index in [1.165, 1.54) is 0 Å². The second-order valence-corrected chi connectivity index (χ2v) is 4.69. The summed E-state index contributed by atoms with van der Waals surface area (Å²) in [7, 11) is 0. The molecule has 1 unspecified atom stereocenters. The number of nitrogens with zero attached hydrogens (tertiary/aromatic N) is 4. The Morgan fingerprint density at radius 3 is 2.75 bits per heavy atom. The predicted molar refractivity (Wildman–Crippen MR) is 77.0 cm³/mol. The molecule has 0 spiro atoms. The standard InChI is InChI=1S/C14H21N5O/c1-4-19(5-2)9-12(15)13-17-14(20-18-13)11-7-6-8-16-10(11)3/h6-8,12H,4-5,9,15H2,1-3H3. The maximum absolute atomic E-state index is 6.13. The largest absolute Gasteiger partial charge is 0.334 e. The van der Waals surface area contributed by atoms with Gasteiger partial charge in [-0.2, -0.15) is 4.98 Å².